The molecular weight excluding hydrogens is 232 g/mol. The zero-order valence-electron chi connectivity index (χ0n) is 10.8. The van der Waals surface area contributed by atoms with Crippen LogP contribution in [-0.4, -0.2) is 44.9 Å². The van der Waals surface area contributed by atoms with Crippen molar-refractivity contribution in [3.63, 3.8) is 0 Å². The van der Waals surface area contributed by atoms with Crippen molar-refractivity contribution in [3.8, 4) is 0 Å². The van der Waals surface area contributed by atoms with E-state index < -0.39 is 6.10 Å². The number of aryl methyl sites for hydroxylation is 1. The number of carbonyl (C=O) groups is 1. The number of likely N-dealkylation sites (N-methyl/N-ethyl adjacent to an activating group) is 1. The maximum atomic E-state index is 12.3. The standard InChI is InChI=1S/C12H20N4O2/c1-15(9-5-3-4-6-10(9)17)12(18)8-7-14-16(2)11(8)13/h7,9-10,17H,3-6,13H2,1-2H3. The quantitative estimate of drug-likeness (QED) is 0.797. The van der Waals surface area contributed by atoms with Crippen LogP contribution in [-0.2, 0) is 7.05 Å². The minimum Gasteiger partial charge on any atom is -0.391 e. The summed E-state index contributed by atoms with van der Waals surface area (Å²) in [5, 5.41) is 13.9. The largest absolute Gasteiger partial charge is 0.391 e. The Kier molecular flexibility index (Phi) is 3.56. The van der Waals surface area contributed by atoms with Crippen LogP contribution >= 0.6 is 0 Å². The first kappa shape index (κ1) is 12.9. The summed E-state index contributed by atoms with van der Waals surface area (Å²) in [5.41, 5.74) is 6.20. The zero-order valence-corrected chi connectivity index (χ0v) is 10.8. The number of anilines is 1. The molecule has 18 heavy (non-hydrogen) atoms. The second-order valence-electron chi connectivity index (χ2n) is 4.90. The van der Waals surface area contributed by atoms with Crippen LogP contribution in [0.3, 0.4) is 0 Å². The Morgan fingerprint density at radius 3 is 2.78 bits per heavy atom. The molecule has 6 nitrogen and oxygen atoms in total. The van der Waals surface area contributed by atoms with E-state index in [1.165, 1.54) is 10.9 Å². The molecule has 1 amide bonds. The monoisotopic (exact) mass is 252 g/mol. The van der Waals surface area contributed by atoms with E-state index in [0.29, 0.717) is 11.4 Å². The van der Waals surface area contributed by atoms with Gasteiger partial charge in [0.2, 0.25) is 0 Å². The van der Waals surface area contributed by atoms with Crippen molar-refractivity contribution < 1.29 is 9.90 Å². The molecule has 0 aliphatic heterocycles. The predicted molar refractivity (Wildman–Crippen MR) is 68.0 cm³/mol. The van der Waals surface area contributed by atoms with Crippen molar-refractivity contribution >= 4 is 11.7 Å². The highest BCUT2D eigenvalue weighted by molar-refractivity contribution is 5.98. The van der Waals surface area contributed by atoms with E-state index in [4.69, 9.17) is 5.73 Å². The number of nitrogens with zero attached hydrogens (tertiary/aromatic N) is 3. The van der Waals surface area contributed by atoms with Crippen molar-refractivity contribution in [2.24, 2.45) is 7.05 Å². The van der Waals surface area contributed by atoms with Gasteiger partial charge in [-0.3, -0.25) is 9.48 Å². The van der Waals surface area contributed by atoms with E-state index in [1.807, 2.05) is 0 Å². The van der Waals surface area contributed by atoms with Gasteiger partial charge in [-0.2, -0.15) is 5.10 Å². The number of nitrogen functional groups attached to an aromatic ring is 1. The number of hydrogen-bond acceptors (Lipinski definition) is 4. The molecule has 0 bridgehead atoms. The molecule has 3 N–H and O–H groups in total. The smallest absolute Gasteiger partial charge is 0.259 e. The highest BCUT2D eigenvalue weighted by Gasteiger charge is 2.31. The summed E-state index contributed by atoms with van der Waals surface area (Å²) in [6, 6.07) is -0.120. The zero-order chi connectivity index (χ0) is 13.3. The lowest BCUT2D eigenvalue weighted by Gasteiger charge is -2.35. The van der Waals surface area contributed by atoms with Gasteiger partial charge in [0.25, 0.3) is 5.91 Å². The van der Waals surface area contributed by atoms with E-state index >= 15 is 0 Å². The van der Waals surface area contributed by atoms with Crippen LogP contribution in [0.1, 0.15) is 36.0 Å². The van der Waals surface area contributed by atoms with Gasteiger partial charge in [0.1, 0.15) is 11.4 Å². The van der Waals surface area contributed by atoms with Crippen LogP contribution in [0.4, 0.5) is 5.82 Å². The molecule has 1 aliphatic rings. The lowest BCUT2D eigenvalue weighted by molar-refractivity contribution is 0.0268. The molecular formula is C12H20N4O2. The van der Waals surface area contributed by atoms with Gasteiger partial charge in [0.05, 0.1) is 18.3 Å². The van der Waals surface area contributed by atoms with Crippen LogP contribution in [0.2, 0.25) is 0 Å². The Morgan fingerprint density at radius 1 is 1.56 bits per heavy atom. The molecule has 6 heteroatoms. The Balaban J connectivity index is 2.15. The average Bonchev–Trinajstić information content (AvgIpc) is 2.69. The van der Waals surface area contributed by atoms with E-state index in [1.54, 1.807) is 19.0 Å². The molecule has 0 radical (unpaired) electrons. The Labute approximate surface area is 106 Å². The van der Waals surface area contributed by atoms with Gasteiger partial charge in [-0.15, -0.1) is 0 Å². The van der Waals surface area contributed by atoms with Gasteiger partial charge in [-0.25, -0.2) is 0 Å². The summed E-state index contributed by atoms with van der Waals surface area (Å²) < 4.78 is 1.47. The number of nitrogens with two attached hydrogens (primary N) is 1. The molecule has 2 unspecified atom stereocenters. The highest BCUT2D eigenvalue weighted by Crippen LogP contribution is 2.24. The van der Waals surface area contributed by atoms with Gasteiger partial charge in [0.15, 0.2) is 0 Å². The molecule has 1 fully saturated rings. The molecule has 1 aromatic heterocycles. The topological polar surface area (TPSA) is 84.4 Å². The minimum absolute atomic E-state index is 0.120. The fourth-order valence-electron chi connectivity index (χ4n) is 2.50. The number of carbonyl (C=O) groups excluding carboxylic acids is 1. The molecule has 0 aromatic carbocycles. The Bertz CT molecular complexity index is 443. The van der Waals surface area contributed by atoms with Crippen molar-refractivity contribution in [2.45, 2.75) is 37.8 Å². The molecule has 1 aromatic rings. The summed E-state index contributed by atoms with van der Waals surface area (Å²) in [7, 11) is 3.41. The fourth-order valence-corrected chi connectivity index (χ4v) is 2.50. The molecule has 1 aliphatic carbocycles. The summed E-state index contributed by atoms with van der Waals surface area (Å²) >= 11 is 0. The number of hydrogen-bond donors (Lipinski definition) is 2. The molecule has 0 spiro atoms. The van der Waals surface area contributed by atoms with Crippen LogP contribution < -0.4 is 5.73 Å². The van der Waals surface area contributed by atoms with Crippen LogP contribution in [0.25, 0.3) is 0 Å². The van der Waals surface area contributed by atoms with Crippen LogP contribution in [0, 0.1) is 0 Å². The number of aliphatic hydroxyl groups excluding tert-OH is 1. The lowest BCUT2D eigenvalue weighted by Crippen LogP contribution is -2.46. The van der Waals surface area contributed by atoms with Crippen molar-refractivity contribution in [2.75, 3.05) is 12.8 Å². The predicted octanol–water partition coefficient (Wildman–Crippen LogP) is 0.378. The van der Waals surface area contributed by atoms with E-state index in [-0.39, 0.29) is 11.9 Å². The molecule has 1 heterocycles. The van der Waals surface area contributed by atoms with E-state index in [0.717, 1.165) is 25.7 Å². The summed E-state index contributed by atoms with van der Waals surface area (Å²) in [6.07, 6.45) is 4.69. The molecule has 100 valence electrons. The SMILES string of the molecule is CN(C(=O)c1cnn(C)c1N)C1CCCCC1O. The average molecular weight is 252 g/mol. The third-order valence-electron chi connectivity index (χ3n) is 3.73. The van der Waals surface area contributed by atoms with Crippen LogP contribution in [0.15, 0.2) is 6.20 Å². The third kappa shape index (κ3) is 2.20. The first-order valence-electron chi connectivity index (χ1n) is 6.25. The summed E-state index contributed by atoms with van der Waals surface area (Å²) in [4.78, 5) is 13.9. The van der Waals surface area contributed by atoms with Crippen molar-refractivity contribution in [1.29, 1.82) is 0 Å². The first-order valence-corrected chi connectivity index (χ1v) is 6.25. The lowest BCUT2D eigenvalue weighted by atomic mass is 9.91. The van der Waals surface area contributed by atoms with Crippen molar-refractivity contribution in [3.05, 3.63) is 11.8 Å². The second-order valence-corrected chi connectivity index (χ2v) is 4.90. The normalized spacial score (nSPS) is 23.9. The fraction of sp³-hybridized carbons (Fsp3) is 0.667. The van der Waals surface area contributed by atoms with Crippen LogP contribution in [0.5, 0.6) is 0 Å². The van der Waals surface area contributed by atoms with Gasteiger partial charge in [-0.1, -0.05) is 12.8 Å². The van der Waals surface area contributed by atoms with Gasteiger partial charge >= 0.3 is 0 Å². The Morgan fingerprint density at radius 2 is 2.22 bits per heavy atom. The van der Waals surface area contributed by atoms with Gasteiger partial charge in [0, 0.05) is 14.1 Å². The van der Waals surface area contributed by atoms with E-state index in [9.17, 15) is 9.90 Å². The molecule has 1 saturated carbocycles. The highest BCUT2D eigenvalue weighted by atomic mass is 16.3. The number of aromatic nitrogens is 2. The first-order chi connectivity index (χ1) is 8.52. The van der Waals surface area contributed by atoms with Crippen molar-refractivity contribution in [1.82, 2.24) is 14.7 Å². The minimum atomic E-state index is -0.439. The number of aliphatic hydroxyl groups is 1. The Hall–Kier alpha value is -1.56. The summed E-state index contributed by atoms with van der Waals surface area (Å²) in [6.45, 7) is 0. The molecule has 2 rings (SSSR count). The maximum absolute atomic E-state index is 12.3. The van der Waals surface area contributed by atoms with Gasteiger partial charge < -0.3 is 15.7 Å². The number of rotatable bonds is 2. The van der Waals surface area contributed by atoms with Gasteiger partial charge in [-0.05, 0) is 12.8 Å². The molecule has 2 atom stereocenters. The summed E-state index contributed by atoms with van der Waals surface area (Å²) in [5.74, 6) is 0.184. The second kappa shape index (κ2) is 4.97. The maximum Gasteiger partial charge on any atom is 0.259 e. The van der Waals surface area contributed by atoms with E-state index in [2.05, 4.69) is 5.10 Å². The number of amides is 1. The third-order valence-corrected chi connectivity index (χ3v) is 3.73. The molecule has 0 saturated heterocycles.